The summed E-state index contributed by atoms with van der Waals surface area (Å²) in [4.78, 5) is 11.7. The van der Waals surface area contributed by atoms with Gasteiger partial charge in [0.15, 0.2) is 0 Å². The number of amides is 1. The zero-order valence-corrected chi connectivity index (χ0v) is 10.5. The third kappa shape index (κ3) is 4.69. The van der Waals surface area contributed by atoms with Crippen LogP contribution in [0.2, 0.25) is 0 Å². The Labute approximate surface area is 105 Å². The van der Waals surface area contributed by atoms with Crippen molar-refractivity contribution in [3.63, 3.8) is 0 Å². The van der Waals surface area contributed by atoms with Crippen molar-refractivity contribution in [3.05, 3.63) is 24.3 Å². The SMILES string of the molecule is CCCC(C)C(=O)Nc1ccc(OC(F)F)cc1. The molecule has 5 heteroatoms. The summed E-state index contributed by atoms with van der Waals surface area (Å²) in [7, 11) is 0. The predicted octanol–water partition coefficient (Wildman–Crippen LogP) is 3.66. The zero-order valence-electron chi connectivity index (χ0n) is 10.5. The molecule has 0 saturated heterocycles. The molecule has 1 N–H and O–H groups in total. The molecule has 1 aromatic carbocycles. The van der Waals surface area contributed by atoms with Crippen LogP contribution in [-0.4, -0.2) is 12.5 Å². The van der Waals surface area contributed by atoms with Crippen LogP contribution in [0.15, 0.2) is 24.3 Å². The van der Waals surface area contributed by atoms with E-state index in [0.29, 0.717) is 5.69 Å². The summed E-state index contributed by atoms with van der Waals surface area (Å²) in [6, 6.07) is 5.86. The third-order valence-corrected chi connectivity index (χ3v) is 2.52. The molecule has 1 amide bonds. The Bertz CT molecular complexity index is 379. The van der Waals surface area contributed by atoms with Gasteiger partial charge >= 0.3 is 6.61 Å². The number of rotatable bonds is 6. The molecule has 0 saturated carbocycles. The zero-order chi connectivity index (χ0) is 13.5. The number of hydrogen-bond donors (Lipinski definition) is 1. The minimum atomic E-state index is -2.84. The molecular formula is C13H17F2NO2. The topological polar surface area (TPSA) is 38.3 Å². The molecule has 0 aromatic heterocycles. The van der Waals surface area contributed by atoms with Crippen LogP contribution < -0.4 is 10.1 Å². The van der Waals surface area contributed by atoms with Crippen LogP contribution in [-0.2, 0) is 4.79 Å². The van der Waals surface area contributed by atoms with Gasteiger partial charge in [-0.3, -0.25) is 4.79 Å². The molecule has 100 valence electrons. The van der Waals surface area contributed by atoms with Crippen molar-refractivity contribution in [1.82, 2.24) is 0 Å². The first-order chi connectivity index (χ1) is 8.52. The van der Waals surface area contributed by atoms with Gasteiger partial charge in [-0.15, -0.1) is 0 Å². The van der Waals surface area contributed by atoms with Crippen molar-refractivity contribution in [3.8, 4) is 5.75 Å². The highest BCUT2D eigenvalue weighted by Gasteiger charge is 2.11. The summed E-state index contributed by atoms with van der Waals surface area (Å²) in [5, 5.41) is 2.73. The van der Waals surface area contributed by atoms with Crippen LogP contribution in [0.5, 0.6) is 5.75 Å². The van der Waals surface area contributed by atoms with E-state index in [1.54, 1.807) is 0 Å². The van der Waals surface area contributed by atoms with Gasteiger partial charge in [-0.2, -0.15) is 8.78 Å². The van der Waals surface area contributed by atoms with Gasteiger partial charge < -0.3 is 10.1 Å². The molecule has 18 heavy (non-hydrogen) atoms. The maximum absolute atomic E-state index is 11.9. The number of carbonyl (C=O) groups excluding carboxylic acids is 1. The highest BCUT2D eigenvalue weighted by molar-refractivity contribution is 5.92. The van der Waals surface area contributed by atoms with E-state index in [9.17, 15) is 13.6 Å². The van der Waals surface area contributed by atoms with Gasteiger partial charge in [0.25, 0.3) is 0 Å². The molecule has 0 heterocycles. The van der Waals surface area contributed by atoms with E-state index in [4.69, 9.17) is 0 Å². The molecular weight excluding hydrogens is 240 g/mol. The molecule has 0 fully saturated rings. The van der Waals surface area contributed by atoms with Crippen molar-refractivity contribution in [2.75, 3.05) is 5.32 Å². The highest BCUT2D eigenvalue weighted by Crippen LogP contribution is 2.18. The largest absolute Gasteiger partial charge is 0.435 e. The standard InChI is InChI=1S/C13H17F2NO2/c1-3-4-9(2)12(17)16-10-5-7-11(8-6-10)18-13(14)15/h5-9,13H,3-4H2,1-2H3,(H,16,17). The number of anilines is 1. The summed E-state index contributed by atoms with van der Waals surface area (Å²) in [5.41, 5.74) is 0.574. The van der Waals surface area contributed by atoms with Crippen LogP contribution in [0.4, 0.5) is 14.5 Å². The van der Waals surface area contributed by atoms with Crippen LogP contribution >= 0.6 is 0 Å². The van der Waals surface area contributed by atoms with Gasteiger partial charge in [0, 0.05) is 11.6 Å². The molecule has 1 rings (SSSR count). The van der Waals surface area contributed by atoms with E-state index in [2.05, 4.69) is 10.1 Å². The minimum absolute atomic E-state index is 0.0630. The van der Waals surface area contributed by atoms with Crippen LogP contribution in [0.1, 0.15) is 26.7 Å². The second-order valence-corrected chi connectivity index (χ2v) is 4.08. The number of alkyl halides is 2. The first-order valence-electron chi connectivity index (χ1n) is 5.88. The van der Waals surface area contributed by atoms with E-state index >= 15 is 0 Å². The van der Waals surface area contributed by atoms with Crippen molar-refractivity contribution in [2.24, 2.45) is 5.92 Å². The number of benzene rings is 1. The maximum atomic E-state index is 11.9. The fourth-order valence-electron chi connectivity index (χ4n) is 1.55. The van der Waals surface area contributed by atoms with Crippen molar-refractivity contribution in [1.29, 1.82) is 0 Å². The molecule has 0 aliphatic heterocycles. The Morgan fingerprint density at radius 2 is 1.94 bits per heavy atom. The van der Waals surface area contributed by atoms with Crippen molar-refractivity contribution >= 4 is 11.6 Å². The predicted molar refractivity (Wildman–Crippen MR) is 65.8 cm³/mol. The molecule has 0 aliphatic carbocycles. The lowest BCUT2D eigenvalue weighted by atomic mass is 10.1. The normalized spacial score (nSPS) is 12.3. The second kappa shape index (κ2) is 6.93. The van der Waals surface area contributed by atoms with Crippen LogP contribution in [0.25, 0.3) is 0 Å². The Hall–Kier alpha value is -1.65. The molecule has 0 radical (unpaired) electrons. The average Bonchev–Trinajstić information content (AvgIpc) is 2.31. The van der Waals surface area contributed by atoms with E-state index in [1.165, 1.54) is 24.3 Å². The van der Waals surface area contributed by atoms with Gasteiger partial charge in [-0.05, 0) is 30.7 Å². The summed E-state index contributed by atoms with van der Waals surface area (Å²) >= 11 is 0. The fourth-order valence-corrected chi connectivity index (χ4v) is 1.55. The first kappa shape index (κ1) is 14.4. The van der Waals surface area contributed by atoms with E-state index in [0.717, 1.165) is 12.8 Å². The van der Waals surface area contributed by atoms with Crippen molar-refractivity contribution < 1.29 is 18.3 Å². The fraction of sp³-hybridized carbons (Fsp3) is 0.462. The lowest BCUT2D eigenvalue weighted by Crippen LogP contribution is -2.20. The highest BCUT2D eigenvalue weighted by atomic mass is 19.3. The summed E-state index contributed by atoms with van der Waals surface area (Å²) in [6.07, 6.45) is 1.76. The minimum Gasteiger partial charge on any atom is -0.435 e. The van der Waals surface area contributed by atoms with E-state index < -0.39 is 6.61 Å². The van der Waals surface area contributed by atoms with E-state index in [1.807, 2.05) is 13.8 Å². The maximum Gasteiger partial charge on any atom is 0.387 e. The molecule has 1 aromatic rings. The lowest BCUT2D eigenvalue weighted by Gasteiger charge is -2.11. The van der Waals surface area contributed by atoms with Gasteiger partial charge in [0.05, 0.1) is 0 Å². The number of nitrogens with one attached hydrogen (secondary N) is 1. The molecule has 0 aliphatic rings. The van der Waals surface area contributed by atoms with Gasteiger partial charge in [0.1, 0.15) is 5.75 Å². The smallest absolute Gasteiger partial charge is 0.387 e. The van der Waals surface area contributed by atoms with Gasteiger partial charge in [0.2, 0.25) is 5.91 Å². The second-order valence-electron chi connectivity index (χ2n) is 4.08. The van der Waals surface area contributed by atoms with Crippen LogP contribution in [0, 0.1) is 5.92 Å². The molecule has 1 atom stereocenters. The van der Waals surface area contributed by atoms with E-state index in [-0.39, 0.29) is 17.6 Å². The molecule has 0 bridgehead atoms. The van der Waals surface area contributed by atoms with Gasteiger partial charge in [-0.1, -0.05) is 20.3 Å². The Balaban J connectivity index is 2.55. The summed E-state index contributed by atoms with van der Waals surface area (Å²) in [6.45, 7) is 1.03. The summed E-state index contributed by atoms with van der Waals surface area (Å²) < 4.78 is 28.1. The molecule has 0 spiro atoms. The summed E-state index contributed by atoms with van der Waals surface area (Å²) in [5.74, 6) is -0.0593. The molecule has 1 unspecified atom stereocenters. The number of halogens is 2. The monoisotopic (exact) mass is 257 g/mol. The Morgan fingerprint density at radius 3 is 2.44 bits per heavy atom. The first-order valence-corrected chi connectivity index (χ1v) is 5.88. The Morgan fingerprint density at radius 1 is 1.33 bits per heavy atom. The number of ether oxygens (including phenoxy) is 1. The third-order valence-electron chi connectivity index (χ3n) is 2.52. The number of carbonyl (C=O) groups is 1. The lowest BCUT2D eigenvalue weighted by molar-refractivity contribution is -0.119. The van der Waals surface area contributed by atoms with Crippen molar-refractivity contribution in [2.45, 2.75) is 33.3 Å². The average molecular weight is 257 g/mol. The molecule has 3 nitrogen and oxygen atoms in total. The quantitative estimate of drug-likeness (QED) is 0.844. The van der Waals surface area contributed by atoms with Gasteiger partial charge in [-0.25, -0.2) is 0 Å². The Kier molecular flexibility index (Phi) is 5.55. The number of hydrogen-bond acceptors (Lipinski definition) is 2. The van der Waals surface area contributed by atoms with Crippen LogP contribution in [0.3, 0.4) is 0 Å².